The van der Waals surface area contributed by atoms with Crippen molar-refractivity contribution in [1.29, 1.82) is 0 Å². The molecule has 1 unspecified atom stereocenters. The van der Waals surface area contributed by atoms with E-state index in [-0.39, 0.29) is 0 Å². The van der Waals surface area contributed by atoms with E-state index >= 15 is 0 Å². The Morgan fingerprint density at radius 3 is 2.58 bits per heavy atom. The lowest BCUT2D eigenvalue weighted by Gasteiger charge is -2.11. The van der Waals surface area contributed by atoms with Gasteiger partial charge in [-0.25, -0.2) is 0 Å². The Hall–Kier alpha value is -0.190. The third-order valence-electron chi connectivity index (χ3n) is 1.18. The Morgan fingerprint density at radius 1 is 1.58 bits per heavy atom. The quantitative estimate of drug-likeness (QED) is 0.272. The maximum Gasteiger partial charge on any atom is 0.339 e. The molecule has 0 aromatic heterocycles. The van der Waals surface area contributed by atoms with Crippen LogP contribution in [0.2, 0.25) is 0 Å². The molecule has 0 radical (unpaired) electrons. The second-order valence-electron chi connectivity index (χ2n) is 2.41. The van der Waals surface area contributed by atoms with E-state index in [1.165, 1.54) is 0 Å². The van der Waals surface area contributed by atoms with E-state index in [1.54, 1.807) is 6.08 Å². The highest BCUT2D eigenvalue weighted by Gasteiger charge is 2.13. The average Bonchev–Trinajstić information content (AvgIpc) is 1.95. The summed E-state index contributed by atoms with van der Waals surface area (Å²) in [4.78, 5) is 16.8. The second kappa shape index (κ2) is 5.45. The van der Waals surface area contributed by atoms with Crippen LogP contribution in [-0.4, -0.2) is 27.4 Å². The van der Waals surface area contributed by atoms with Crippen LogP contribution in [0.15, 0.2) is 12.7 Å². The van der Waals surface area contributed by atoms with Crippen LogP contribution in [0.3, 0.4) is 0 Å². The van der Waals surface area contributed by atoms with Gasteiger partial charge in [0.1, 0.15) is 12.5 Å². The Balaban J connectivity index is 3.50. The lowest BCUT2D eigenvalue weighted by Crippen LogP contribution is -2.29. The minimum absolute atomic E-state index is 0.406. The van der Waals surface area contributed by atoms with Crippen molar-refractivity contribution in [1.82, 2.24) is 5.32 Å². The summed E-state index contributed by atoms with van der Waals surface area (Å²) >= 11 is 0. The van der Waals surface area contributed by atoms with Crippen LogP contribution in [-0.2, 0) is 4.57 Å². The molecular weight excluding hydrogens is 181 g/mol. The molecule has 0 aliphatic carbocycles. The standard InChI is InChI=1S/C6H14NO4P/c1-2-3-4-6(8)7-5-12(9,10)11/h2,6-8H,1,3-5H2,(H2,9,10,11). The number of rotatable bonds is 6. The highest BCUT2D eigenvalue weighted by atomic mass is 31.2. The SMILES string of the molecule is C=CCCC(O)NCP(=O)(O)O. The highest BCUT2D eigenvalue weighted by molar-refractivity contribution is 7.51. The van der Waals surface area contributed by atoms with Gasteiger partial charge in [-0.2, -0.15) is 0 Å². The molecule has 6 heteroatoms. The fourth-order valence-corrected chi connectivity index (χ4v) is 1.05. The van der Waals surface area contributed by atoms with Gasteiger partial charge in [0, 0.05) is 0 Å². The minimum Gasteiger partial charge on any atom is -0.379 e. The van der Waals surface area contributed by atoms with E-state index in [4.69, 9.17) is 14.9 Å². The summed E-state index contributed by atoms with van der Waals surface area (Å²) in [6.07, 6.45) is 1.27. The predicted octanol–water partition coefficient (Wildman–Crippen LogP) is -0.00420. The molecule has 12 heavy (non-hydrogen) atoms. The molecule has 0 saturated carbocycles. The van der Waals surface area contributed by atoms with Crippen LogP contribution in [0.25, 0.3) is 0 Å². The van der Waals surface area contributed by atoms with Crippen molar-refractivity contribution in [3.05, 3.63) is 12.7 Å². The monoisotopic (exact) mass is 195 g/mol. The van der Waals surface area contributed by atoms with Gasteiger partial charge in [0.15, 0.2) is 0 Å². The van der Waals surface area contributed by atoms with Crippen molar-refractivity contribution in [2.75, 3.05) is 6.29 Å². The molecule has 4 N–H and O–H groups in total. The zero-order valence-corrected chi connectivity index (χ0v) is 7.57. The fraction of sp³-hybridized carbons (Fsp3) is 0.667. The lowest BCUT2D eigenvalue weighted by molar-refractivity contribution is 0.133. The summed E-state index contributed by atoms with van der Waals surface area (Å²) < 4.78 is 10.3. The highest BCUT2D eigenvalue weighted by Crippen LogP contribution is 2.32. The van der Waals surface area contributed by atoms with E-state index in [9.17, 15) is 4.57 Å². The van der Waals surface area contributed by atoms with Crippen molar-refractivity contribution in [3.8, 4) is 0 Å². The van der Waals surface area contributed by atoms with Crippen LogP contribution in [0.5, 0.6) is 0 Å². The molecule has 0 amide bonds. The molecule has 5 nitrogen and oxygen atoms in total. The average molecular weight is 195 g/mol. The Kier molecular flexibility index (Phi) is 5.37. The molecular formula is C6H14NO4P. The van der Waals surface area contributed by atoms with Gasteiger partial charge in [-0.3, -0.25) is 9.88 Å². The zero-order chi connectivity index (χ0) is 9.61. The molecule has 0 aliphatic rings. The fourth-order valence-electron chi connectivity index (χ4n) is 0.602. The van der Waals surface area contributed by atoms with Crippen LogP contribution in [0.4, 0.5) is 0 Å². The molecule has 0 rings (SSSR count). The third kappa shape index (κ3) is 7.91. The molecule has 0 heterocycles. The smallest absolute Gasteiger partial charge is 0.339 e. The maximum atomic E-state index is 10.3. The van der Waals surface area contributed by atoms with Crippen molar-refractivity contribution < 1.29 is 19.5 Å². The van der Waals surface area contributed by atoms with Crippen molar-refractivity contribution in [2.24, 2.45) is 0 Å². The summed E-state index contributed by atoms with van der Waals surface area (Å²) in [7, 11) is -4.05. The van der Waals surface area contributed by atoms with Gasteiger partial charge in [-0.05, 0) is 12.8 Å². The first-order valence-electron chi connectivity index (χ1n) is 3.52. The van der Waals surface area contributed by atoms with Crippen LogP contribution >= 0.6 is 7.60 Å². The molecule has 0 aromatic carbocycles. The Morgan fingerprint density at radius 2 is 2.17 bits per heavy atom. The van der Waals surface area contributed by atoms with Gasteiger partial charge < -0.3 is 14.9 Å². The number of nitrogens with one attached hydrogen (secondary N) is 1. The summed E-state index contributed by atoms with van der Waals surface area (Å²) in [5.74, 6) is 0. The third-order valence-corrected chi connectivity index (χ3v) is 1.77. The summed E-state index contributed by atoms with van der Waals surface area (Å²) in [6, 6.07) is 0. The molecule has 72 valence electrons. The minimum atomic E-state index is -4.05. The first-order valence-corrected chi connectivity index (χ1v) is 5.32. The number of aliphatic hydroxyl groups excluding tert-OH is 1. The molecule has 0 fully saturated rings. The van der Waals surface area contributed by atoms with Gasteiger partial charge in [0.25, 0.3) is 0 Å². The summed E-state index contributed by atoms with van der Waals surface area (Å²) in [5, 5.41) is 11.3. The van der Waals surface area contributed by atoms with Crippen molar-refractivity contribution in [3.63, 3.8) is 0 Å². The van der Waals surface area contributed by atoms with Gasteiger partial charge in [-0.15, -0.1) is 6.58 Å². The number of allylic oxidation sites excluding steroid dienone is 1. The van der Waals surface area contributed by atoms with Crippen molar-refractivity contribution >= 4 is 7.60 Å². The summed E-state index contributed by atoms with van der Waals surface area (Å²) in [5.41, 5.74) is 0. The Bertz CT molecular complexity index is 178. The largest absolute Gasteiger partial charge is 0.379 e. The topological polar surface area (TPSA) is 89.8 Å². The molecule has 0 saturated heterocycles. The van der Waals surface area contributed by atoms with E-state index in [0.29, 0.717) is 12.8 Å². The van der Waals surface area contributed by atoms with Crippen molar-refractivity contribution in [2.45, 2.75) is 19.1 Å². The van der Waals surface area contributed by atoms with Crippen LogP contribution < -0.4 is 5.32 Å². The Labute approximate surface area is 71.3 Å². The molecule has 0 aliphatic heterocycles. The number of aliphatic hydroxyl groups is 1. The zero-order valence-electron chi connectivity index (χ0n) is 6.68. The van der Waals surface area contributed by atoms with Crippen LogP contribution in [0, 0.1) is 0 Å². The van der Waals surface area contributed by atoms with Gasteiger partial charge in [0.05, 0.1) is 0 Å². The van der Waals surface area contributed by atoms with E-state index in [1.807, 2.05) is 0 Å². The number of hydrogen-bond donors (Lipinski definition) is 4. The molecule has 0 bridgehead atoms. The van der Waals surface area contributed by atoms with Gasteiger partial charge >= 0.3 is 7.60 Å². The first-order chi connectivity index (χ1) is 5.45. The van der Waals surface area contributed by atoms with Crippen LogP contribution in [0.1, 0.15) is 12.8 Å². The molecule has 1 atom stereocenters. The summed E-state index contributed by atoms with van der Waals surface area (Å²) in [6.45, 7) is 3.45. The van der Waals surface area contributed by atoms with Gasteiger partial charge in [-0.1, -0.05) is 6.08 Å². The first kappa shape index (κ1) is 11.8. The van der Waals surface area contributed by atoms with E-state index in [0.717, 1.165) is 0 Å². The predicted molar refractivity (Wildman–Crippen MR) is 45.5 cm³/mol. The molecule has 0 spiro atoms. The van der Waals surface area contributed by atoms with Gasteiger partial charge in [0.2, 0.25) is 0 Å². The normalized spacial score (nSPS) is 14.2. The number of hydrogen-bond acceptors (Lipinski definition) is 3. The lowest BCUT2D eigenvalue weighted by atomic mass is 10.3. The van der Waals surface area contributed by atoms with E-state index < -0.39 is 20.1 Å². The molecule has 0 aromatic rings. The maximum absolute atomic E-state index is 10.3. The second-order valence-corrected chi connectivity index (χ2v) is 4.05. The van der Waals surface area contributed by atoms with E-state index in [2.05, 4.69) is 11.9 Å².